The van der Waals surface area contributed by atoms with E-state index < -0.39 is 23.7 Å². The van der Waals surface area contributed by atoms with Crippen molar-refractivity contribution >= 4 is 23.4 Å². The van der Waals surface area contributed by atoms with E-state index in [2.05, 4.69) is 25.7 Å². The molecule has 2 aliphatic rings. The van der Waals surface area contributed by atoms with Crippen molar-refractivity contribution in [1.29, 1.82) is 0 Å². The standard InChI is InChI=1S/C32H41ClF3N3O3/c1-31(2,3)14-17-38-15-12-22(13-16-38)30(41)39-19-25(21-6-9-24(33)10-7-21)27(20-39)37(4)29(40)23-8-11-28(42-5)26(18-23)32(34,35)36/h6-11,18,22,25,27H,12-17,19-20H2,1-5H3. The monoisotopic (exact) mass is 607 g/mol. The average Bonchev–Trinajstić information content (AvgIpc) is 3.40. The molecule has 6 nitrogen and oxygen atoms in total. The summed E-state index contributed by atoms with van der Waals surface area (Å²) in [6, 6.07) is 10.2. The van der Waals surface area contributed by atoms with Crippen LogP contribution in [0.5, 0.6) is 5.75 Å². The summed E-state index contributed by atoms with van der Waals surface area (Å²) in [6.45, 7) is 10.2. The van der Waals surface area contributed by atoms with Gasteiger partial charge in [-0.25, -0.2) is 0 Å². The molecule has 4 rings (SSSR count). The number of ether oxygens (including phenoxy) is 1. The van der Waals surface area contributed by atoms with Crippen molar-refractivity contribution in [1.82, 2.24) is 14.7 Å². The molecule has 2 atom stereocenters. The minimum Gasteiger partial charge on any atom is -0.496 e. The Labute approximate surface area is 251 Å². The predicted octanol–water partition coefficient (Wildman–Crippen LogP) is 6.58. The molecule has 2 fully saturated rings. The van der Waals surface area contributed by atoms with Crippen LogP contribution in [0.3, 0.4) is 0 Å². The Balaban J connectivity index is 1.52. The van der Waals surface area contributed by atoms with Gasteiger partial charge >= 0.3 is 6.18 Å². The lowest BCUT2D eigenvalue weighted by molar-refractivity contribution is -0.139. The highest BCUT2D eigenvalue weighted by Gasteiger charge is 2.43. The van der Waals surface area contributed by atoms with Crippen molar-refractivity contribution in [2.24, 2.45) is 11.3 Å². The average molecular weight is 608 g/mol. The number of methoxy groups -OCH3 is 1. The second-order valence-electron chi connectivity index (χ2n) is 12.7. The van der Waals surface area contributed by atoms with Gasteiger partial charge in [0.1, 0.15) is 5.75 Å². The molecule has 0 saturated carbocycles. The van der Waals surface area contributed by atoms with Crippen LogP contribution in [-0.2, 0) is 11.0 Å². The normalized spacial score (nSPS) is 20.5. The molecule has 2 aromatic carbocycles. The number of likely N-dealkylation sites (tertiary alicyclic amines) is 2. The number of rotatable bonds is 7. The second-order valence-corrected chi connectivity index (χ2v) is 13.2. The van der Waals surface area contributed by atoms with E-state index in [0.29, 0.717) is 18.1 Å². The molecule has 42 heavy (non-hydrogen) atoms. The molecule has 230 valence electrons. The van der Waals surface area contributed by atoms with E-state index in [1.54, 1.807) is 19.2 Å². The SMILES string of the molecule is COc1ccc(C(=O)N(C)C2CN(C(=O)C3CCN(CCC(C)(C)C)CC3)CC2c2ccc(Cl)cc2)cc1C(F)(F)F. The molecule has 2 unspecified atom stereocenters. The van der Waals surface area contributed by atoms with Gasteiger partial charge in [0.05, 0.1) is 18.7 Å². The molecule has 0 bridgehead atoms. The van der Waals surface area contributed by atoms with Crippen LogP contribution in [0.4, 0.5) is 13.2 Å². The number of benzene rings is 2. The summed E-state index contributed by atoms with van der Waals surface area (Å²) < 4.78 is 45.9. The van der Waals surface area contributed by atoms with Gasteiger partial charge < -0.3 is 19.4 Å². The maximum atomic E-state index is 13.7. The summed E-state index contributed by atoms with van der Waals surface area (Å²) in [7, 11) is 2.75. The molecule has 2 aliphatic heterocycles. The number of halogens is 4. The van der Waals surface area contributed by atoms with E-state index in [-0.39, 0.29) is 34.5 Å². The summed E-state index contributed by atoms with van der Waals surface area (Å²) in [4.78, 5) is 33.0. The molecule has 0 radical (unpaired) electrons. The van der Waals surface area contributed by atoms with E-state index in [9.17, 15) is 22.8 Å². The first-order valence-corrected chi connectivity index (χ1v) is 14.8. The lowest BCUT2D eigenvalue weighted by atomic mass is 9.90. The maximum absolute atomic E-state index is 13.7. The fourth-order valence-electron chi connectivity index (χ4n) is 5.97. The quantitative estimate of drug-likeness (QED) is 0.357. The van der Waals surface area contributed by atoms with Crippen LogP contribution < -0.4 is 4.74 Å². The van der Waals surface area contributed by atoms with Crippen LogP contribution in [0.2, 0.25) is 5.02 Å². The van der Waals surface area contributed by atoms with Gasteiger partial charge in [-0.3, -0.25) is 9.59 Å². The third kappa shape index (κ3) is 7.59. The van der Waals surface area contributed by atoms with Crippen molar-refractivity contribution in [3.63, 3.8) is 0 Å². The van der Waals surface area contributed by atoms with Crippen LogP contribution in [0, 0.1) is 11.3 Å². The number of amides is 2. The van der Waals surface area contributed by atoms with Gasteiger partial charge in [-0.05, 0) is 80.2 Å². The summed E-state index contributed by atoms with van der Waals surface area (Å²) in [5.74, 6) is -1.11. The van der Waals surface area contributed by atoms with Gasteiger partial charge in [0.15, 0.2) is 0 Å². The molecular formula is C32H41ClF3N3O3. The van der Waals surface area contributed by atoms with Crippen LogP contribution in [0.1, 0.15) is 67.4 Å². The number of hydrogen-bond donors (Lipinski definition) is 0. The van der Waals surface area contributed by atoms with Gasteiger partial charge in [0.2, 0.25) is 5.91 Å². The minimum atomic E-state index is -4.68. The van der Waals surface area contributed by atoms with Gasteiger partial charge in [-0.15, -0.1) is 0 Å². The smallest absolute Gasteiger partial charge is 0.419 e. The summed E-state index contributed by atoms with van der Waals surface area (Å²) in [6.07, 6.45) is -2.00. The van der Waals surface area contributed by atoms with Crippen molar-refractivity contribution < 1.29 is 27.5 Å². The van der Waals surface area contributed by atoms with Crippen molar-refractivity contribution in [2.75, 3.05) is 46.9 Å². The van der Waals surface area contributed by atoms with Crippen LogP contribution >= 0.6 is 11.6 Å². The number of piperidine rings is 1. The topological polar surface area (TPSA) is 53.1 Å². The molecule has 2 amide bonds. The molecular weight excluding hydrogens is 567 g/mol. The fraction of sp³-hybridized carbons (Fsp3) is 0.562. The minimum absolute atomic E-state index is 0.0802. The highest BCUT2D eigenvalue weighted by atomic mass is 35.5. The van der Waals surface area contributed by atoms with Gasteiger partial charge in [0, 0.05) is 42.6 Å². The van der Waals surface area contributed by atoms with Crippen molar-refractivity contribution in [3.8, 4) is 5.75 Å². The third-order valence-corrected chi connectivity index (χ3v) is 8.84. The Hall–Kier alpha value is -2.78. The van der Waals surface area contributed by atoms with Crippen LogP contribution in [0.25, 0.3) is 0 Å². The van der Waals surface area contributed by atoms with Crippen molar-refractivity contribution in [2.45, 2.75) is 58.2 Å². The molecule has 0 aliphatic carbocycles. The largest absolute Gasteiger partial charge is 0.496 e. The van der Waals surface area contributed by atoms with Gasteiger partial charge in [-0.1, -0.05) is 44.5 Å². The highest BCUT2D eigenvalue weighted by molar-refractivity contribution is 6.30. The second kappa shape index (κ2) is 12.8. The summed E-state index contributed by atoms with van der Waals surface area (Å²) in [5.41, 5.74) is 0.0860. The van der Waals surface area contributed by atoms with E-state index in [1.807, 2.05) is 17.0 Å². The maximum Gasteiger partial charge on any atom is 0.419 e. The number of hydrogen-bond acceptors (Lipinski definition) is 4. The molecule has 2 aromatic rings. The zero-order valence-electron chi connectivity index (χ0n) is 25.0. The Kier molecular flexibility index (Phi) is 9.82. The first-order valence-electron chi connectivity index (χ1n) is 14.5. The zero-order valence-corrected chi connectivity index (χ0v) is 25.8. The van der Waals surface area contributed by atoms with Gasteiger partial charge in [-0.2, -0.15) is 13.2 Å². The summed E-state index contributed by atoms with van der Waals surface area (Å²) >= 11 is 6.13. The van der Waals surface area contributed by atoms with E-state index in [1.165, 1.54) is 17.0 Å². The fourth-order valence-corrected chi connectivity index (χ4v) is 6.09. The molecule has 0 aromatic heterocycles. The van der Waals surface area contributed by atoms with E-state index in [4.69, 9.17) is 16.3 Å². The Morgan fingerprint density at radius 3 is 2.24 bits per heavy atom. The number of nitrogens with zero attached hydrogens (tertiary/aromatic N) is 3. The lowest BCUT2D eigenvalue weighted by Gasteiger charge is -2.34. The van der Waals surface area contributed by atoms with E-state index >= 15 is 0 Å². The first kappa shape index (κ1) is 32.1. The Bertz CT molecular complexity index is 1250. The molecule has 0 spiro atoms. The molecule has 2 heterocycles. The Morgan fingerprint density at radius 1 is 1.02 bits per heavy atom. The lowest BCUT2D eigenvalue weighted by Crippen LogP contribution is -2.44. The summed E-state index contributed by atoms with van der Waals surface area (Å²) in [5, 5.41) is 0.571. The van der Waals surface area contributed by atoms with E-state index in [0.717, 1.165) is 57.6 Å². The third-order valence-electron chi connectivity index (χ3n) is 8.58. The molecule has 10 heteroatoms. The molecule has 0 N–H and O–H groups in total. The highest BCUT2D eigenvalue weighted by Crippen LogP contribution is 2.38. The van der Waals surface area contributed by atoms with Gasteiger partial charge in [0.25, 0.3) is 5.91 Å². The zero-order chi connectivity index (χ0) is 30.8. The first-order chi connectivity index (χ1) is 19.7. The number of likely N-dealkylation sites (N-methyl/N-ethyl adjacent to an activating group) is 1. The van der Waals surface area contributed by atoms with Crippen LogP contribution in [0.15, 0.2) is 42.5 Å². The Morgan fingerprint density at radius 2 is 1.67 bits per heavy atom. The number of carbonyl (C=O) groups is 2. The molecule has 2 saturated heterocycles. The number of alkyl halides is 3. The predicted molar refractivity (Wildman–Crippen MR) is 158 cm³/mol. The van der Waals surface area contributed by atoms with Crippen molar-refractivity contribution in [3.05, 3.63) is 64.2 Å². The van der Waals surface area contributed by atoms with Crippen LogP contribution in [-0.4, -0.2) is 79.4 Å². The number of carbonyl (C=O) groups excluding carboxylic acids is 2.